The fraction of sp³-hybridized carbons (Fsp3) is 0.776. The first-order valence-electron chi connectivity index (χ1n) is 35.6. The van der Waals surface area contributed by atoms with Crippen molar-refractivity contribution in [2.75, 3.05) is 13.2 Å². The minimum absolute atomic E-state index is 0.0868. The predicted molar refractivity (Wildman–Crippen MR) is 358 cm³/mol. The van der Waals surface area contributed by atoms with Crippen LogP contribution < -0.4 is 0 Å². The normalized spacial score (nSPS) is 12.6. The van der Waals surface area contributed by atoms with Crippen LogP contribution >= 0.6 is 0 Å². The summed E-state index contributed by atoms with van der Waals surface area (Å²) in [6, 6.07) is 0. The average Bonchev–Trinajstić information content (AvgIpc) is 3.47. The quantitative estimate of drug-likeness (QED) is 0.0261. The molecule has 1 unspecified atom stereocenters. The summed E-state index contributed by atoms with van der Waals surface area (Å²) >= 11 is 0. The second-order valence-corrected chi connectivity index (χ2v) is 23.8. The van der Waals surface area contributed by atoms with Gasteiger partial charge in [-0.2, -0.15) is 0 Å². The topological polar surface area (TPSA) is 78.9 Å². The summed E-state index contributed by atoms with van der Waals surface area (Å²) in [4.78, 5) is 38.4. The maximum absolute atomic E-state index is 12.9. The van der Waals surface area contributed by atoms with E-state index in [4.69, 9.17) is 14.2 Å². The van der Waals surface area contributed by atoms with Crippen molar-refractivity contribution in [3.63, 3.8) is 0 Å². The number of ether oxygens (including phenoxy) is 3. The van der Waals surface area contributed by atoms with E-state index in [1.165, 1.54) is 205 Å². The van der Waals surface area contributed by atoms with Gasteiger partial charge in [0, 0.05) is 19.3 Å². The standard InChI is InChI=1S/C76H134O6/c1-4-7-10-13-16-19-22-25-27-29-31-33-35-36-37-38-39-41-42-44-46-48-51-54-57-60-63-66-69-75(78)81-72-73(71-80-74(77)68-65-62-59-56-53-50-24-21-18-15-12-9-6-3)82-76(79)70-67-64-61-58-55-52-49-47-45-43-40-34-32-30-28-26-23-20-17-14-11-8-5-2/h8,11,17,20-21,24,26,28,32,34,43,45,49,52,73H,4-7,9-10,12-16,18-19,22-23,25,27,29-31,33,35-42,44,46-48,50-51,53-72H2,1-3H3/b11-8-,20-17-,24-21-,28-26-,34-32-,45-43-,52-49-. The van der Waals surface area contributed by atoms with Gasteiger partial charge in [-0.25, -0.2) is 0 Å². The Bertz CT molecular complexity index is 1550. The van der Waals surface area contributed by atoms with Crippen molar-refractivity contribution in [2.24, 2.45) is 0 Å². The number of hydrogen-bond donors (Lipinski definition) is 0. The first-order valence-corrected chi connectivity index (χ1v) is 35.6. The SMILES string of the molecule is CC/C=C\C/C=C\C/C=C\C/C=C\C/C=C\C/C=C\CCCCCCC(=O)OC(COC(=O)CCCCCCC/C=C\CCCCCC)COC(=O)CCCCCCCCCCCCCCCCCCCCCCCCCCCCCC. The Balaban J connectivity index is 4.28. The van der Waals surface area contributed by atoms with Gasteiger partial charge in [0.05, 0.1) is 0 Å². The second kappa shape index (κ2) is 70.1. The molecular formula is C76H134O6. The molecule has 0 heterocycles. The maximum atomic E-state index is 12.9. The van der Waals surface area contributed by atoms with Crippen molar-refractivity contribution in [1.29, 1.82) is 0 Å². The number of hydrogen-bond acceptors (Lipinski definition) is 6. The van der Waals surface area contributed by atoms with Crippen molar-refractivity contribution < 1.29 is 28.6 Å². The third-order valence-corrected chi connectivity index (χ3v) is 15.6. The fourth-order valence-electron chi connectivity index (χ4n) is 10.3. The molecule has 0 aromatic carbocycles. The van der Waals surface area contributed by atoms with E-state index in [-0.39, 0.29) is 31.1 Å². The molecule has 0 saturated carbocycles. The van der Waals surface area contributed by atoms with Gasteiger partial charge < -0.3 is 14.2 Å². The lowest BCUT2D eigenvalue weighted by Gasteiger charge is -2.18. The van der Waals surface area contributed by atoms with E-state index in [9.17, 15) is 14.4 Å². The van der Waals surface area contributed by atoms with Crippen LogP contribution in [0.1, 0.15) is 361 Å². The molecule has 0 aliphatic rings. The molecule has 1 atom stereocenters. The number of rotatable bonds is 65. The summed E-state index contributed by atoms with van der Waals surface area (Å²) in [6.07, 6.45) is 93.3. The van der Waals surface area contributed by atoms with Gasteiger partial charge in [0.15, 0.2) is 6.10 Å². The molecule has 0 amide bonds. The molecule has 0 aliphatic carbocycles. The Kier molecular flexibility index (Phi) is 67.2. The molecule has 0 rings (SSSR count). The van der Waals surface area contributed by atoms with Crippen LogP contribution in [0.5, 0.6) is 0 Å². The zero-order chi connectivity index (χ0) is 59.2. The fourth-order valence-corrected chi connectivity index (χ4v) is 10.3. The monoisotopic (exact) mass is 1140 g/mol. The summed E-state index contributed by atoms with van der Waals surface area (Å²) in [6.45, 7) is 6.53. The maximum Gasteiger partial charge on any atom is 0.306 e. The third kappa shape index (κ3) is 67.4. The molecule has 0 aromatic rings. The number of unbranched alkanes of at least 4 members (excludes halogenated alkanes) is 40. The number of allylic oxidation sites excluding steroid dienone is 14. The molecule has 0 aliphatic heterocycles. The Hall–Kier alpha value is -3.41. The van der Waals surface area contributed by atoms with Crippen LogP contribution in [0.2, 0.25) is 0 Å². The van der Waals surface area contributed by atoms with Gasteiger partial charge in [0.2, 0.25) is 0 Å². The molecular weight excluding hydrogens is 1010 g/mol. The zero-order valence-electron chi connectivity index (χ0n) is 54.5. The Morgan fingerprint density at radius 1 is 0.256 bits per heavy atom. The molecule has 82 heavy (non-hydrogen) atoms. The average molecular weight is 1140 g/mol. The van der Waals surface area contributed by atoms with E-state index in [2.05, 4.69) is 106 Å². The van der Waals surface area contributed by atoms with E-state index >= 15 is 0 Å². The summed E-state index contributed by atoms with van der Waals surface area (Å²) in [5.74, 6) is -0.904. The number of carbonyl (C=O) groups excluding carboxylic acids is 3. The predicted octanol–water partition coefficient (Wildman–Crippen LogP) is 24.6. The van der Waals surface area contributed by atoms with Crippen molar-refractivity contribution in [2.45, 2.75) is 367 Å². The lowest BCUT2D eigenvalue weighted by atomic mass is 10.0. The highest BCUT2D eigenvalue weighted by molar-refractivity contribution is 5.71. The largest absolute Gasteiger partial charge is 0.462 e. The van der Waals surface area contributed by atoms with Gasteiger partial charge in [-0.1, -0.05) is 331 Å². The van der Waals surface area contributed by atoms with E-state index < -0.39 is 6.10 Å². The molecule has 0 N–H and O–H groups in total. The number of esters is 3. The molecule has 0 spiro atoms. The van der Waals surface area contributed by atoms with Crippen molar-refractivity contribution in [1.82, 2.24) is 0 Å². The Labute approximate surface area is 509 Å². The lowest BCUT2D eigenvalue weighted by Crippen LogP contribution is -2.30. The lowest BCUT2D eigenvalue weighted by molar-refractivity contribution is -0.167. The molecule has 0 radical (unpaired) electrons. The highest BCUT2D eigenvalue weighted by Crippen LogP contribution is 2.18. The minimum Gasteiger partial charge on any atom is -0.462 e. The van der Waals surface area contributed by atoms with Gasteiger partial charge in [0.1, 0.15) is 13.2 Å². The van der Waals surface area contributed by atoms with Crippen molar-refractivity contribution in [3.05, 3.63) is 85.1 Å². The highest BCUT2D eigenvalue weighted by Gasteiger charge is 2.19. The molecule has 0 fully saturated rings. The van der Waals surface area contributed by atoms with Gasteiger partial charge in [-0.3, -0.25) is 14.4 Å². The van der Waals surface area contributed by atoms with Crippen molar-refractivity contribution >= 4 is 17.9 Å². The third-order valence-electron chi connectivity index (χ3n) is 15.6. The molecule has 0 saturated heterocycles. The van der Waals surface area contributed by atoms with Crippen molar-refractivity contribution in [3.8, 4) is 0 Å². The number of carbonyl (C=O) groups is 3. The molecule has 0 bridgehead atoms. The smallest absolute Gasteiger partial charge is 0.306 e. The van der Waals surface area contributed by atoms with Crippen LogP contribution in [0.4, 0.5) is 0 Å². The van der Waals surface area contributed by atoms with E-state index in [0.717, 1.165) is 116 Å². The summed E-state index contributed by atoms with van der Waals surface area (Å²) < 4.78 is 16.9. The Morgan fingerprint density at radius 2 is 0.476 bits per heavy atom. The summed E-state index contributed by atoms with van der Waals surface area (Å²) in [5.41, 5.74) is 0. The van der Waals surface area contributed by atoms with Crippen LogP contribution in [0.25, 0.3) is 0 Å². The molecule has 474 valence electrons. The van der Waals surface area contributed by atoms with Gasteiger partial charge in [0.25, 0.3) is 0 Å². The molecule has 6 heteroatoms. The van der Waals surface area contributed by atoms with E-state index in [0.29, 0.717) is 19.3 Å². The van der Waals surface area contributed by atoms with E-state index in [1.54, 1.807) is 0 Å². The van der Waals surface area contributed by atoms with Crippen LogP contribution in [-0.2, 0) is 28.6 Å². The molecule has 0 aromatic heterocycles. The first kappa shape index (κ1) is 78.6. The zero-order valence-corrected chi connectivity index (χ0v) is 54.5. The van der Waals surface area contributed by atoms with Gasteiger partial charge in [-0.05, 0) is 96.3 Å². The van der Waals surface area contributed by atoms with Gasteiger partial charge in [-0.15, -0.1) is 0 Å². The second-order valence-electron chi connectivity index (χ2n) is 23.8. The minimum atomic E-state index is -0.795. The molecule has 6 nitrogen and oxygen atoms in total. The highest BCUT2D eigenvalue weighted by atomic mass is 16.6. The van der Waals surface area contributed by atoms with Crippen LogP contribution in [-0.4, -0.2) is 37.2 Å². The van der Waals surface area contributed by atoms with Gasteiger partial charge >= 0.3 is 17.9 Å². The first-order chi connectivity index (χ1) is 40.5. The van der Waals surface area contributed by atoms with Crippen LogP contribution in [0.15, 0.2) is 85.1 Å². The van der Waals surface area contributed by atoms with Crippen LogP contribution in [0, 0.1) is 0 Å². The summed E-state index contributed by atoms with van der Waals surface area (Å²) in [5, 5.41) is 0. The Morgan fingerprint density at radius 3 is 0.768 bits per heavy atom. The summed E-state index contributed by atoms with van der Waals surface area (Å²) in [7, 11) is 0. The van der Waals surface area contributed by atoms with Crippen LogP contribution in [0.3, 0.4) is 0 Å². The van der Waals surface area contributed by atoms with E-state index in [1.807, 2.05) is 0 Å².